The van der Waals surface area contributed by atoms with E-state index in [1.807, 2.05) is 0 Å². The summed E-state index contributed by atoms with van der Waals surface area (Å²) in [6, 6.07) is 0. The van der Waals surface area contributed by atoms with Crippen molar-refractivity contribution in [1.82, 2.24) is 19.5 Å². The molecule has 5 N–H and O–H groups in total. The normalized spacial score (nSPS) is 24.7. The van der Waals surface area contributed by atoms with Gasteiger partial charge in [-0.25, -0.2) is 4.98 Å². The van der Waals surface area contributed by atoms with Gasteiger partial charge < -0.3 is 20.3 Å². The third-order valence-electron chi connectivity index (χ3n) is 3.99. The molecule has 2 unspecified atom stereocenters. The van der Waals surface area contributed by atoms with Crippen LogP contribution in [0.4, 0.5) is 19.1 Å². The van der Waals surface area contributed by atoms with Gasteiger partial charge in [0.05, 0.1) is 12.9 Å². The molecule has 1 aliphatic heterocycles. The van der Waals surface area contributed by atoms with Crippen molar-refractivity contribution < 1.29 is 32.3 Å². The molecule has 2 aromatic rings. The van der Waals surface area contributed by atoms with Crippen molar-refractivity contribution in [2.75, 3.05) is 12.3 Å². The van der Waals surface area contributed by atoms with Gasteiger partial charge in [-0.2, -0.15) is 18.2 Å². The number of rotatable bonds is 3. The number of H-pyrrole nitrogens is 1. The first-order chi connectivity index (χ1) is 11.9. The fourth-order valence-electron chi connectivity index (χ4n) is 2.65. The first kappa shape index (κ1) is 18.6. The zero-order valence-corrected chi connectivity index (χ0v) is 13.7. The highest BCUT2D eigenvalue weighted by molar-refractivity contribution is 7.55. The fourth-order valence-corrected chi connectivity index (χ4v) is 3.13. The number of ether oxygens (including phenoxy) is 1. The Morgan fingerprint density at radius 1 is 1.50 bits per heavy atom. The number of aromatic nitrogens is 4. The number of imidazole rings is 1. The predicted octanol–water partition coefficient (Wildman–Crippen LogP) is 0.861. The van der Waals surface area contributed by atoms with E-state index in [0.29, 0.717) is 6.08 Å². The lowest BCUT2D eigenvalue weighted by Gasteiger charge is -2.26. The summed E-state index contributed by atoms with van der Waals surface area (Å²) in [7, 11) is -4.79. The molecule has 0 spiro atoms. The molecule has 0 saturated carbocycles. The Balaban J connectivity index is 2.02. The van der Waals surface area contributed by atoms with E-state index in [9.17, 15) is 22.5 Å². The molecule has 26 heavy (non-hydrogen) atoms. The topological polar surface area (TPSA) is 156 Å². The first-order valence-electron chi connectivity index (χ1n) is 7.08. The second-order valence-electron chi connectivity index (χ2n) is 5.80. The summed E-state index contributed by atoms with van der Waals surface area (Å²) in [5.41, 5.74) is 1.99. The van der Waals surface area contributed by atoms with Crippen LogP contribution in [0.15, 0.2) is 23.0 Å². The van der Waals surface area contributed by atoms with Gasteiger partial charge in [-0.3, -0.25) is 18.9 Å². The average molecular weight is 395 g/mol. The summed E-state index contributed by atoms with van der Waals surface area (Å²) in [5, 5.41) is 0. The van der Waals surface area contributed by atoms with Crippen molar-refractivity contribution in [3.63, 3.8) is 0 Å². The summed E-state index contributed by atoms with van der Waals surface area (Å²) in [4.78, 5) is 39.3. The van der Waals surface area contributed by atoms with Gasteiger partial charge in [-0.1, -0.05) is 6.08 Å². The molecule has 0 aromatic carbocycles. The predicted molar refractivity (Wildman–Crippen MR) is 81.8 cm³/mol. The van der Waals surface area contributed by atoms with Gasteiger partial charge >= 0.3 is 13.8 Å². The maximum absolute atomic E-state index is 13.5. The zero-order chi connectivity index (χ0) is 19.3. The van der Waals surface area contributed by atoms with Gasteiger partial charge in [0.15, 0.2) is 11.2 Å². The number of nitrogens with two attached hydrogens (primary N) is 1. The van der Waals surface area contributed by atoms with Crippen LogP contribution in [-0.4, -0.2) is 42.1 Å². The second kappa shape index (κ2) is 5.91. The van der Waals surface area contributed by atoms with Crippen molar-refractivity contribution >= 4 is 24.7 Å². The van der Waals surface area contributed by atoms with Gasteiger partial charge in [0.25, 0.3) is 5.56 Å². The lowest BCUT2D eigenvalue weighted by molar-refractivity contribution is -0.204. The van der Waals surface area contributed by atoms with E-state index in [1.54, 1.807) is 0 Å². The van der Waals surface area contributed by atoms with Crippen molar-refractivity contribution in [1.29, 1.82) is 0 Å². The number of fused-ring (bicyclic) bond motifs is 1. The largest absolute Gasteiger partial charge is 0.400 e. The minimum atomic E-state index is -4.83. The number of nitrogen functional groups attached to an aromatic ring is 1. The van der Waals surface area contributed by atoms with Crippen molar-refractivity contribution in [3.05, 3.63) is 28.6 Å². The molecular weight excluding hydrogens is 382 g/mol. The van der Waals surface area contributed by atoms with Gasteiger partial charge in [0.1, 0.15) is 11.6 Å². The molecule has 1 saturated heterocycles. The number of anilines is 1. The van der Waals surface area contributed by atoms with E-state index < -0.39 is 44.0 Å². The maximum Gasteiger partial charge on any atom is 0.400 e. The summed E-state index contributed by atoms with van der Waals surface area (Å²) < 4.78 is 57.9. The van der Waals surface area contributed by atoms with Gasteiger partial charge in [-0.15, -0.1) is 0 Å². The van der Waals surface area contributed by atoms with Crippen LogP contribution in [-0.2, 0) is 9.30 Å². The van der Waals surface area contributed by atoms with Gasteiger partial charge in [0.2, 0.25) is 5.95 Å². The van der Waals surface area contributed by atoms with Crippen molar-refractivity contribution in [3.8, 4) is 0 Å². The number of nitrogens with zero attached hydrogens (tertiary/aromatic N) is 3. The minimum absolute atomic E-state index is 0.0619. The number of hydrogen-bond acceptors (Lipinski definition) is 6. The molecule has 10 nitrogen and oxygen atoms in total. The monoisotopic (exact) mass is 395 g/mol. The molecule has 14 heteroatoms. The van der Waals surface area contributed by atoms with Crippen LogP contribution in [0.3, 0.4) is 0 Å². The Kier molecular flexibility index (Phi) is 4.22. The number of hydrogen-bond donors (Lipinski definition) is 4. The number of halogens is 3. The highest BCUT2D eigenvalue weighted by Crippen LogP contribution is 2.52. The van der Waals surface area contributed by atoms with Crippen LogP contribution in [0.25, 0.3) is 11.2 Å². The number of nitrogens with one attached hydrogen (secondary N) is 1. The molecule has 2 aromatic heterocycles. The Labute approximate surface area is 142 Å². The smallest absolute Gasteiger partial charge is 0.369 e. The van der Waals surface area contributed by atoms with Gasteiger partial charge in [0, 0.05) is 12.2 Å². The van der Waals surface area contributed by atoms with Crippen LogP contribution in [0.5, 0.6) is 0 Å². The Hall–Kier alpha value is -2.21. The molecule has 0 bridgehead atoms. The summed E-state index contributed by atoms with van der Waals surface area (Å²) in [6.07, 6.45) is -5.21. The summed E-state index contributed by atoms with van der Waals surface area (Å²) in [6.45, 7) is -0.865. The van der Waals surface area contributed by atoms with E-state index in [2.05, 4.69) is 15.0 Å². The van der Waals surface area contributed by atoms with E-state index >= 15 is 0 Å². The van der Waals surface area contributed by atoms with Crippen LogP contribution in [0, 0.1) is 5.41 Å². The Morgan fingerprint density at radius 2 is 2.19 bits per heavy atom. The highest BCUT2D eigenvalue weighted by Gasteiger charge is 2.58. The maximum atomic E-state index is 13.5. The molecular formula is C12H13F3N5O5P. The summed E-state index contributed by atoms with van der Waals surface area (Å²) >= 11 is 0. The number of aromatic amines is 1. The van der Waals surface area contributed by atoms with Gasteiger partial charge in [-0.05, 0) is 0 Å². The van der Waals surface area contributed by atoms with E-state index in [-0.39, 0.29) is 22.9 Å². The van der Waals surface area contributed by atoms with Crippen LogP contribution in [0.2, 0.25) is 0 Å². The van der Waals surface area contributed by atoms with Crippen LogP contribution >= 0.6 is 7.60 Å². The molecule has 1 aliphatic rings. The van der Waals surface area contributed by atoms with Crippen molar-refractivity contribution in [2.24, 2.45) is 5.41 Å². The minimum Gasteiger partial charge on any atom is -0.369 e. The Bertz CT molecular complexity index is 980. The fraction of sp³-hybridized carbons (Fsp3) is 0.417. The lowest BCUT2D eigenvalue weighted by Crippen LogP contribution is -2.36. The molecule has 0 amide bonds. The van der Waals surface area contributed by atoms with Crippen molar-refractivity contribution in [2.45, 2.75) is 18.8 Å². The highest BCUT2D eigenvalue weighted by atomic mass is 31.2. The molecule has 142 valence electrons. The second-order valence-corrected chi connectivity index (χ2v) is 7.28. The summed E-state index contributed by atoms with van der Waals surface area (Å²) in [5.74, 6) is -0.0372. The molecule has 2 atom stereocenters. The molecule has 1 fully saturated rings. The van der Waals surface area contributed by atoms with Crippen LogP contribution < -0.4 is 11.3 Å². The average Bonchev–Trinajstić information content (AvgIpc) is 3.08. The van der Waals surface area contributed by atoms with E-state index in [4.69, 9.17) is 20.3 Å². The molecule has 0 radical (unpaired) electrons. The molecule has 3 rings (SSSR count). The lowest BCUT2D eigenvalue weighted by atomic mass is 9.86. The standard InChI is InChI=1S/C12H13F3N5O5P/c13-12(14,15)11(1-2-26(22,23)24)3-6(25-4-11)20-5-17-7-8(20)18-10(16)19-9(7)21/h1-2,5-6H,3-4H2,(H2,22,23,24)(H3,16,18,19,21)/b2-1+. The van der Waals surface area contributed by atoms with Crippen LogP contribution in [0.1, 0.15) is 12.6 Å². The Morgan fingerprint density at radius 3 is 2.81 bits per heavy atom. The SMILES string of the molecule is Nc1nc2c(ncn2C2CC(/C=C/P(=O)(O)O)(C(F)(F)F)CO2)c(=O)[nH]1. The molecule has 3 heterocycles. The van der Waals surface area contributed by atoms with E-state index in [1.165, 1.54) is 0 Å². The zero-order valence-electron chi connectivity index (χ0n) is 12.8. The third-order valence-corrected chi connectivity index (χ3v) is 4.52. The first-order valence-corrected chi connectivity index (χ1v) is 8.76. The quantitative estimate of drug-likeness (QED) is 0.558. The number of alkyl halides is 3. The van der Waals surface area contributed by atoms with E-state index in [0.717, 1.165) is 10.9 Å². The molecule has 0 aliphatic carbocycles. The third kappa shape index (κ3) is 3.26.